The predicted octanol–water partition coefficient (Wildman–Crippen LogP) is 1.73. The van der Waals surface area contributed by atoms with Crippen molar-refractivity contribution in [2.75, 3.05) is 0 Å². The highest BCUT2D eigenvalue weighted by Crippen LogP contribution is 2.22. The second kappa shape index (κ2) is 5.42. The van der Waals surface area contributed by atoms with E-state index < -0.39 is 11.1 Å². The first-order valence-electron chi connectivity index (χ1n) is 5.26. The van der Waals surface area contributed by atoms with Crippen LogP contribution in [0.1, 0.15) is 10.4 Å². The van der Waals surface area contributed by atoms with Crippen LogP contribution in [0.25, 0.3) is 0 Å². The van der Waals surface area contributed by atoms with E-state index in [0.29, 0.717) is 10.6 Å². The zero-order chi connectivity index (χ0) is 14.0. The van der Waals surface area contributed by atoms with E-state index in [1.54, 1.807) is 0 Å². The molecule has 7 heteroatoms. The van der Waals surface area contributed by atoms with Gasteiger partial charge in [-0.2, -0.15) is 0 Å². The summed E-state index contributed by atoms with van der Waals surface area (Å²) in [6.07, 6.45) is 0. The molecule has 0 saturated carbocycles. The Morgan fingerprint density at radius 3 is 2.53 bits per heavy atom. The number of H-pyrrole nitrogens is 1. The van der Waals surface area contributed by atoms with Crippen molar-refractivity contribution >= 4 is 29.0 Å². The number of rotatable bonds is 3. The molecule has 5 nitrogen and oxygen atoms in total. The van der Waals surface area contributed by atoms with Gasteiger partial charge in [0.2, 0.25) is 0 Å². The number of aromatic amines is 1. The van der Waals surface area contributed by atoms with Gasteiger partial charge in [-0.1, -0.05) is 23.2 Å². The van der Waals surface area contributed by atoms with Crippen molar-refractivity contribution in [1.29, 1.82) is 0 Å². The van der Waals surface area contributed by atoms with Crippen LogP contribution in [0.5, 0.6) is 0 Å². The maximum atomic E-state index is 12.0. The lowest BCUT2D eigenvalue weighted by Crippen LogP contribution is -2.30. The van der Waals surface area contributed by atoms with E-state index in [2.05, 4.69) is 5.10 Å². The number of benzene rings is 1. The summed E-state index contributed by atoms with van der Waals surface area (Å²) in [5.74, 6) is -0.359. The summed E-state index contributed by atoms with van der Waals surface area (Å²) in [7, 11) is 0. The number of hydrogen-bond acceptors (Lipinski definition) is 3. The van der Waals surface area contributed by atoms with E-state index in [-0.39, 0.29) is 17.4 Å². The molecule has 0 aliphatic heterocycles. The minimum atomic E-state index is -0.465. The van der Waals surface area contributed by atoms with Gasteiger partial charge < -0.3 is 0 Å². The van der Waals surface area contributed by atoms with Gasteiger partial charge in [0.1, 0.15) is 6.54 Å². The molecular formula is C12H8Cl2N2O3. The van der Waals surface area contributed by atoms with Crippen LogP contribution in [0, 0.1) is 0 Å². The first-order valence-corrected chi connectivity index (χ1v) is 6.01. The zero-order valence-electron chi connectivity index (χ0n) is 9.52. The maximum Gasteiger partial charge on any atom is 0.265 e. The monoisotopic (exact) mass is 298 g/mol. The van der Waals surface area contributed by atoms with Crippen LogP contribution < -0.4 is 11.1 Å². The summed E-state index contributed by atoms with van der Waals surface area (Å²) in [5.41, 5.74) is -0.611. The number of aromatic nitrogens is 2. The van der Waals surface area contributed by atoms with Crippen molar-refractivity contribution in [3.05, 3.63) is 66.6 Å². The van der Waals surface area contributed by atoms with Gasteiger partial charge in [-0.15, -0.1) is 0 Å². The second-order valence-corrected chi connectivity index (χ2v) is 4.60. The number of nitrogens with zero attached hydrogens (tertiary/aromatic N) is 1. The van der Waals surface area contributed by atoms with Crippen molar-refractivity contribution in [3.8, 4) is 0 Å². The van der Waals surface area contributed by atoms with Gasteiger partial charge in [0.25, 0.3) is 11.1 Å². The molecule has 0 aliphatic carbocycles. The smallest absolute Gasteiger partial charge is 0.265 e. The Balaban J connectivity index is 2.30. The van der Waals surface area contributed by atoms with E-state index in [0.717, 1.165) is 16.8 Å². The lowest BCUT2D eigenvalue weighted by Gasteiger charge is -2.05. The quantitative estimate of drug-likeness (QED) is 0.877. The third-order valence-corrected chi connectivity index (χ3v) is 3.17. The van der Waals surface area contributed by atoms with Crippen molar-refractivity contribution in [2.24, 2.45) is 0 Å². The Morgan fingerprint density at radius 1 is 1.11 bits per heavy atom. The lowest BCUT2D eigenvalue weighted by molar-refractivity contribution is 0.0965. The molecule has 1 aromatic carbocycles. The molecule has 2 aromatic rings. The average molecular weight is 299 g/mol. The molecule has 0 atom stereocenters. The molecule has 98 valence electrons. The lowest BCUT2D eigenvalue weighted by atomic mass is 10.1. The summed E-state index contributed by atoms with van der Waals surface area (Å²) in [4.78, 5) is 34.5. The molecule has 0 fully saturated rings. The highest BCUT2D eigenvalue weighted by Gasteiger charge is 2.10. The van der Waals surface area contributed by atoms with E-state index in [1.165, 1.54) is 18.2 Å². The number of carbonyl (C=O) groups is 1. The molecule has 0 radical (unpaired) electrons. The number of ketones is 1. The van der Waals surface area contributed by atoms with Gasteiger partial charge in [-0.3, -0.25) is 19.5 Å². The van der Waals surface area contributed by atoms with Crippen molar-refractivity contribution in [3.63, 3.8) is 0 Å². The maximum absolute atomic E-state index is 12.0. The Morgan fingerprint density at radius 2 is 1.84 bits per heavy atom. The van der Waals surface area contributed by atoms with Crippen molar-refractivity contribution in [1.82, 2.24) is 9.78 Å². The third-order valence-electron chi connectivity index (χ3n) is 2.43. The van der Waals surface area contributed by atoms with Crippen LogP contribution in [-0.2, 0) is 6.54 Å². The summed E-state index contributed by atoms with van der Waals surface area (Å²) < 4.78 is 0.938. The van der Waals surface area contributed by atoms with Crippen LogP contribution >= 0.6 is 23.2 Å². The first kappa shape index (κ1) is 13.6. The van der Waals surface area contributed by atoms with Gasteiger partial charge in [-0.05, 0) is 18.2 Å². The molecule has 1 N–H and O–H groups in total. The predicted molar refractivity (Wildman–Crippen MR) is 72.1 cm³/mol. The van der Waals surface area contributed by atoms with E-state index in [4.69, 9.17) is 23.2 Å². The number of nitrogens with one attached hydrogen (secondary N) is 1. The van der Waals surface area contributed by atoms with Crippen molar-refractivity contribution < 1.29 is 4.79 Å². The standard InChI is InChI=1S/C12H8Cl2N2O3/c13-8-2-1-7(5-9(8)14)10(17)6-16-12(19)4-3-11(18)15-16/h1-5H,6H2,(H,15,18). The molecule has 0 amide bonds. The van der Waals surface area contributed by atoms with Crippen LogP contribution in [0.4, 0.5) is 0 Å². The molecule has 0 aliphatic rings. The van der Waals surface area contributed by atoms with E-state index >= 15 is 0 Å². The molecule has 0 unspecified atom stereocenters. The fraction of sp³-hybridized carbons (Fsp3) is 0.0833. The SMILES string of the molecule is O=C(Cn1[nH]c(=O)ccc1=O)c1ccc(Cl)c(Cl)c1. The Hall–Kier alpha value is -1.85. The number of carbonyl (C=O) groups excluding carboxylic acids is 1. The Bertz CT molecular complexity index is 749. The first-order chi connectivity index (χ1) is 8.97. The summed E-state index contributed by atoms with van der Waals surface area (Å²) in [6, 6.07) is 6.61. The molecule has 19 heavy (non-hydrogen) atoms. The molecule has 0 saturated heterocycles. The second-order valence-electron chi connectivity index (χ2n) is 3.79. The van der Waals surface area contributed by atoms with Crippen LogP contribution in [-0.4, -0.2) is 15.6 Å². The zero-order valence-corrected chi connectivity index (χ0v) is 11.0. The Labute approximate surface area is 117 Å². The van der Waals surface area contributed by atoms with Gasteiger partial charge in [0.05, 0.1) is 10.0 Å². The topological polar surface area (TPSA) is 71.9 Å². The van der Waals surface area contributed by atoms with Crippen LogP contribution in [0.3, 0.4) is 0 Å². The van der Waals surface area contributed by atoms with Gasteiger partial charge in [-0.25, -0.2) is 4.68 Å². The molecule has 1 heterocycles. The van der Waals surface area contributed by atoms with Crippen LogP contribution in [0.2, 0.25) is 10.0 Å². The van der Waals surface area contributed by atoms with Gasteiger partial charge in [0.15, 0.2) is 5.78 Å². The summed E-state index contributed by atoms with van der Waals surface area (Å²) in [5, 5.41) is 2.86. The van der Waals surface area contributed by atoms with E-state index in [1.807, 2.05) is 0 Å². The van der Waals surface area contributed by atoms with E-state index in [9.17, 15) is 14.4 Å². The van der Waals surface area contributed by atoms with Crippen molar-refractivity contribution in [2.45, 2.75) is 6.54 Å². The number of halogens is 2. The molecule has 0 spiro atoms. The third kappa shape index (κ3) is 3.13. The fourth-order valence-corrected chi connectivity index (χ4v) is 1.78. The minimum absolute atomic E-state index is 0.251. The largest absolute Gasteiger partial charge is 0.292 e. The minimum Gasteiger partial charge on any atom is -0.292 e. The number of hydrogen-bond donors (Lipinski definition) is 1. The van der Waals surface area contributed by atoms with Gasteiger partial charge in [0, 0.05) is 17.7 Å². The highest BCUT2D eigenvalue weighted by atomic mass is 35.5. The van der Waals surface area contributed by atoms with Crippen LogP contribution in [0.15, 0.2) is 39.9 Å². The molecular weight excluding hydrogens is 291 g/mol. The normalized spacial score (nSPS) is 10.4. The fourth-order valence-electron chi connectivity index (χ4n) is 1.48. The molecule has 1 aromatic heterocycles. The average Bonchev–Trinajstić information content (AvgIpc) is 2.37. The van der Waals surface area contributed by atoms with Gasteiger partial charge >= 0.3 is 0 Å². The summed E-state index contributed by atoms with van der Waals surface area (Å²) >= 11 is 11.6. The molecule has 0 bridgehead atoms. The highest BCUT2D eigenvalue weighted by molar-refractivity contribution is 6.42. The molecule has 2 rings (SSSR count). The number of Topliss-reactive ketones (excluding diaryl/α,β-unsaturated/α-hetero) is 1. The summed E-state index contributed by atoms with van der Waals surface area (Å²) in [6.45, 7) is -0.271. The Kier molecular flexibility index (Phi) is 3.87.